The Labute approximate surface area is 135 Å². The highest BCUT2D eigenvalue weighted by molar-refractivity contribution is 5.94. The fourth-order valence-corrected chi connectivity index (χ4v) is 2.61. The summed E-state index contributed by atoms with van der Waals surface area (Å²) in [6, 6.07) is 7.20. The number of aromatic nitrogens is 2. The van der Waals surface area contributed by atoms with Crippen LogP contribution in [0.15, 0.2) is 42.9 Å². The minimum Gasteiger partial charge on any atom is -0.497 e. The standard InChI is InChI=1S/C17H19N3O3/c1-22-14-4-2-13(3-5-14)17(21)20-10-6-15(7-11-20)23-16-12-18-8-9-19-16/h2-5,8-9,12,15H,6-7,10-11H2,1H3. The van der Waals surface area contributed by atoms with Crippen molar-refractivity contribution >= 4 is 5.91 Å². The number of carbonyl (C=O) groups excluding carboxylic acids is 1. The molecule has 6 heteroatoms. The first-order valence-corrected chi connectivity index (χ1v) is 7.62. The molecule has 6 nitrogen and oxygen atoms in total. The Morgan fingerprint density at radius 2 is 1.91 bits per heavy atom. The molecule has 23 heavy (non-hydrogen) atoms. The Morgan fingerprint density at radius 1 is 1.17 bits per heavy atom. The molecule has 0 N–H and O–H groups in total. The number of benzene rings is 1. The number of carbonyl (C=O) groups is 1. The van der Waals surface area contributed by atoms with Gasteiger partial charge in [-0.2, -0.15) is 0 Å². The van der Waals surface area contributed by atoms with Gasteiger partial charge < -0.3 is 14.4 Å². The summed E-state index contributed by atoms with van der Waals surface area (Å²) < 4.78 is 10.9. The molecular formula is C17H19N3O3. The van der Waals surface area contributed by atoms with Crippen LogP contribution in [0.4, 0.5) is 0 Å². The van der Waals surface area contributed by atoms with Gasteiger partial charge in [-0.1, -0.05) is 0 Å². The van der Waals surface area contributed by atoms with Crippen LogP contribution in [0.1, 0.15) is 23.2 Å². The van der Waals surface area contributed by atoms with Crippen molar-refractivity contribution in [2.75, 3.05) is 20.2 Å². The largest absolute Gasteiger partial charge is 0.497 e. The highest BCUT2D eigenvalue weighted by Gasteiger charge is 2.25. The number of ether oxygens (including phenoxy) is 2. The van der Waals surface area contributed by atoms with Crippen LogP contribution in [0.25, 0.3) is 0 Å². The van der Waals surface area contributed by atoms with Crippen molar-refractivity contribution in [1.82, 2.24) is 14.9 Å². The highest BCUT2D eigenvalue weighted by Crippen LogP contribution is 2.19. The van der Waals surface area contributed by atoms with E-state index in [2.05, 4.69) is 9.97 Å². The Hall–Kier alpha value is -2.63. The summed E-state index contributed by atoms with van der Waals surface area (Å²) in [5.41, 5.74) is 0.680. The average Bonchev–Trinajstić information content (AvgIpc) is 2.63. The number of likely N-dealkylation sites (tertiary alicyclic amines) is 1. The van der Waals surface area contributed by atoms with Gasteiger partial charge in [0, 0.05) is 43.9 Å². The van der Waals surface area contributed by atoms with Gasteiger partial charge in [-0.15, -0.1) is 0 Å². The summed E-state index contributed by atoms with van der Waals surface area (Å²) in [7, 11) is 1.61. The number of methoxy groups -OCH3 is 1. The van der Waals surface area contributed by atoms with Gasteiger partial charge in [0.2, 0.25) is 5.88 Å². The first kappa shape index (κ1) is 15.3. The van der Waals surface area contributed by atoms with Crippen molar-refractivity contribution in [3.63, 3.8) is 0 Å². The second-order valence-corrected chi connectivity index (χ2v) is 5.38. The molecule has 1 aliphatic heterocycles. The maximum Gasteiger partial charge on any atom is 0.253 e. The van der Waals surface area contributed by atoms with Gasteiger partial charge in [-0.05, 0) is 24.3 Å². The summed E-state index contributed by atoms with van der Waals surface area (Å²) in [5, 5.41) is 0. The van der Waals surface area contributed by atoms with E-state index in [9.17, 15) is 4.79 Å². The van der Waals surface area contributed by atoms with Crippen LogP contribution in [0, 0.1) is 0 Å². The van der Waals surface area contributed by atoms with Gasteiger partial charge in [-0.3, -0.25) is 9.78 Å². The minimum absolute atomic E-state index is 0.0469. The molecule has 0 aliphatic carbocycles. The third-order valence-electron chi connectivity index (χ3n) is 3.89. The molecule has 120 valence electrons. The molecule has 1 aromatic heterocycles. The second kappa shape index (κ2) is 7.09. The van der Waals surface area contributed by atoms with E-state index in [1.54, 1.807) is 50.0 Å². The fourth-order valence-electron chi connectivity index (χ4n) is 2.61. The summed E-state index contributed by atoms with van der Waals surface area (Å²) in [6.07, 6.45) is 6.48. The summed E-state index contributed by atoms with van der Waals surface area (Å²) >= 11 is 0. The fraction of sp³-hybridized carbons (Fsp3) is 0.353. The quantitative estimate of drug-likeness (QED) is 0.865. The van der Waals surface area contributed by atoms with Crippen molar-refractivity contribution in [2.45, 2.75) is 18.9 Å². The van der Waals surface area contributed by atoms with Gasteiger partial charge in [0.25, 0.3) is 5.91 Å². The molecule has 0 bridgehead atoms. The van der Waals surface area contributed by atoms with Gasteiger partial charge >= 0.3 is 0 Å². The highest BCUT2D eigenvalue weighted by atomic mass is 16.5. The molecule has 0 atom stereocenters. The van der Waals surface area contributed by atoms with E-state index in [0.29, 0.717) is 24.5 Å². The van der Waals surface area contributed by atoms with Gasteiger partial charge in [0.05, 0.1) is 13.3 Å². The zero-order valence-corrected chi connectivity index (χ0v) is 13.0. The van der Waals surface area contributed by atoms with Gasteiger partial charge in [0.15, 0.2) is 0 Å². The van der Waals surface area contributed by atoms with E-state index in [4.69, 9.17) is 9.47 Å². The first-order valence-electron chi connectivity index (χ1n) is 7.62. The van der Waals surface area contributed by atoms with E-state index in [0.717, 1.165) is 18.6 Å². The van der Waals surface area contributed by atoms with Crippen LogP contribution < -0.4 is 9.47 Å². The summed E-state index contributed by atoms with van der Waals surface area (Å²) in [6.45, 7) is 1.35. The lowest BCUT2D eigenvalue weighted by Gasteiger charge is -2.31. The number of nitrogens with zero attached hydrogens (tertiary/aromatic N) is 3. The zero-order valence-electron chi connectivity index (χ0n) is 13.0. The molecule has 2 heterocycles. The van der Waals surface area contributed by atoms with Crippen molar-refractivity contribution in [3.8, 4) is 11.6 Å². The van der Waals surface area contributed by atoms with Gasteiger partial charge in [0.1, 0.15) is 11.9 Å². The number of hydrogen-bond donors (Lipinski definition) is 0. The monoisotopic (exact) mass is 313 g/mol. The van der Waals surface area contributed by atoms with Crippen molar-refractivity contribution in [3.05, 3.63) is 48.4 Å². The second-order valence-electron chi connectivity index (χ2n) is 5.38. The molecule has 0 saturated carbocycles. The summed E-state index contributed by atoms with van der Waals surface area (Å²) in [5.74, 6) is 1.33. The Kier molecular flexibility index (Phi) is 4.71. The van der Waals surface area contributed by atoms with Crippen LogP contribution in [-0.2, 0) is 0 Å². The average molecular weight is 313 g/mol. The number of amides is 1. The molecule has 3 rings (SSSR count). The summed E-state index contributed by atoms with van der Waals surface area (Å²) in [4.78, 5) is 22.4. The number of hydrogen-bond acceptors (Lipinski definition) is 5. The van der Waals surface area contributed by atoms with Crippen molar-refractivity contribution < 1.29 is 14.3 Å². The molecule has 1 aliphatic rings. The van der Waals surface area contributed by atoms with E-state index in [1.807, 2.05) is 4.90 Å². The third kappa shape index (κ3) is 3.77. The van der Waals surface area contributed by atoms with Crippen LogP contribution >= 0.6 is 0 Å². The van der Waals surface area contributed by atoms with Crippen LogP contribution in [-0.4, -0.2) is 47.1 Å². The lowest BCUT2D eigenvalue weighted by Crippen LogP contribution is -2.41. The van der Waals surface area contributed by atoms with Gasteiger partial charge in [-0.25, -0.2) is 4.98 Å². The molecule has 0 unspecified atom stereocenters. The molecule has 2 aromatic rings. The normalized spacial score (nSPS) is 15.3. The number of rotatable bonds is 4. The molecule has 0 radical (unpaired) electrons. The first-order chi connectivity index (χ1) is 11.3. The van der Waals surface area contributed by atoms with Crippen molar-refractivity contribution in [1.29, 1.82) is 0 Å². The van der Waals surface area contributed by atoms with Crippen LogP contribution in [0.5, 0.6) is 11.6 Å². The lowest BCUT2D eigenvalue weighted by atomic mass is 10.1. The van der Waals surface area contributed by atoms with E-state index in [-0.39, 0.29) is 12.0 Å². The SMILES string of the molecule is COc1ccc(C(=O)N2CCC(Oc3cnccn3)CC2)cc1. The molecule has 1 fully saturated rings. The van der Waals surface area contributed by atoms with Crippen LogP contribution in [0.3, 0.4) is 0 Å². The minimum atomic E-state index is 0.0469. The molecule has 1 saturated heterocycles. The molecular weight excluding hydrogens is 294 g/mol. The maximum atomic E-state index is 12.5. The smallest absolute Gasteiger partial charge is 0.253 e. The zero-order chi connectivity index (χ0) is 16.1. The lowest BCUT2D eigenvalue weighted by molar-refractivity contribution is 0.0587. The Morgan fingerprint density at radius 3 is 2.52 bits per heavy atom. The Balaban J connectivity index is 1.54. The molecule has 1 aromatic carbocycles. The molecule has 0 spiro atoms. The van der Waals surface area contributed by atoms with E-state index < -0.39 is 0 Å². The molecule has 1 amide bonds. The van der Waals surface area contributed by atoms with Crippen LogP contribution in [0.2, 0.25) is 0 Å². The Bertz CT molecular complexity index is 638. The van der Waals surface area contributed by atoms with Crippen molar-refractivity contribution in [2.24, 2.45) is 0 Å². The maximum absolute atomic E-state index is 12.5. The number of piperidine rings is 1. The van der Waals surface area contributed by atoms with E-state index in [1.165, 1.54) is 0 Å². The topological polar surface area (TPSA) is 64.5 Å². The third-order valence-corrected chi connectivity index (χ3v) is 3.89. The predicted octanol–water partition coefficient (Wildman–Crippen LogP) is 2.17. The van der Waals surface area contributed by atoms with E-state index >= 15 is 0 Å². The predicted molar refractivity (Wildman–Crippen MR) is 84.6 cm³/mol.